The quantitative estimate of drug-likeness (QED) is 0.572. The summed E-state index contributed by atoms with van der Waals surface area (Å²) in [5.74, 6) is -16.8. The molecule has 2 unspecified atom stereocenters. The molecule has 164 valence electrons. The van der Waals surface area contributed by atoms with Gasteiger partial charge in [0.25, 0.3) is 12.1 Å². The molecule has 0 saturated heterocycles. The molecule has 2 rings (SSSR count). The van der Waals surface area contributed by atoms with Gasteiger partial charge in [0.05, 0.1) is 5.52 Å². The Morgan fingerprint density at radius 3 is 2.03 bits per heavy atom. The molecular formula is C14H10F11N3O. The summed E-state index contributed by atoms with van der Waals surface area (Å²) < 4.78 is 151. The van der Waals surface area contributed by atoms with Crippen molar-refractivity contribution in [3.05, 3.63) is 24.3 Å². The van der Waals surface area contributed by atoms with Gasteiger partial charge < -0.3 is 4.74 Å². The molecule has 0 spiro atoms. The van der Waals surface area contributed by atoms with E-state index in [0.29, 0.717) is 6.07 Å². The summed E-state index contributed by atoms with van der Waals surface area (Å²) in [6.07, 6.45) is -18.0. The Labute approximate surface area is 154 Å². The standard InChI is InChI=1S/C14H10F11N3O/c1-10(16,17)6-29-14(24,25)13(22,23)11(18,9(15)12(19,20)21)28-8-5-3-2-4-7(8)26-27-28/h2-5,9H,6H2,1H3. The van der Waals surface area contributed by atoms with Crippen molar-refractivity contribution in [2.45, 2.75) is 43.0 Å². The minimum Gasteiger partial charge on any atom is -0.309 e. The fraction of sp³-hybridized carbons (Fsp3) is 0.571. The zero-order chi connectivity index (χ0) is 22.5. The van der Waals surface area contributed by atoms with Crippen molar-refractivity contribution < 1.29 is 53.0 Å². The fourth-order valence-corrected chi connectivity index (χ4v) is 2.24. The molecule has 29 heavy (non-hydrogen) atoms. The highest BCUT2D eigenvalue weighted by Crippen LogP contribution is 2.54. The maximum absolute atomic E-state index is 15.1. The van der Waals surface area contributed by atoms with Crippen LogP contribution in [-0.4, -0.2) is 51.9 Å². The summed E-state index contributed by atoms with van der Waals surface area (Å²) in [6, 6.07) is 3.72. The summed E-state index contributed by atoms with van der Waals surface area (Å²) in [5, 5.41) is 5.66. The van der Waals surface area contributed by atoms with Gasteiger partial charge in [0, 0.05) is 6.92 Å². The molecule has 0 aliphatic rings. The predicted octanol–water partition coefficient (Wildman–Crippen LogP) is 4.85. The van der Waals surface area contributed by atoms with Gasteiger partial charge in [-0.25, -0.2) is 17.6 Å². The van der Waals surface area contributed by atoms with Crippen molar-refractivity contribution in [3.8, 4) is 0 Å². The highest BCUT2D eigenvalue weighted by molar-refractivity contribution is 5.74. The van der Waals surface area contributed by atoms with E-state index < -0.39 is 58.4 Å². The van der Waals surface area contributed by atoms with E-state index >= 15 is 4.39 Å². The van der Waals surface area contributed by atoms with E-state index in [1.807, 2.05) is 0 Å². The van der Waals surface area contributed by atoms with Crippen molar-refractivity contribution in [1.29, 1.82) is 0 Å². The highest BCUT2D eigenvalue weighted by Gasteiger charge is 2.80. The molecule has 0 radical (unpaired) electrons. The van der Waals surface area contributed by atoms with Crippen LogP contribution in [0.25, 0.3) is 11.0 Å². The lowest BCUT2D eigenvalue weighted by atomic mass is 9.99. The highest BCUT2D eigenvalue weighted by atomic mass is 19.4. The maximum atomic E-state index is 15.1. The van der Waals surface area contributed by atoms with Crippen LogP contribution in [0.4, 0.5) is 48.3 Å². The second-order valence-corrected chi connectivity index (χ2v) is 6.02. The van der Waals surface area contributed by atoms with Crippen LogP contribution in [0.1, 0.15) is 6.92 Å². The van der Waals surface area contributed by atoms with Crippen molar-refractivity contribution >= 4 is 11.0 Å². The summed E-state index contributed by atoms with van der Waals surface area (Å²) in [7, 11) is 0. The van der Waals surface area contributed by atoms with Gasteiger partial charge >= 0.3 is 24.0 Å². The first-order valence-corrected chi connectivity index (χ1v) is 7.43. The van der Waals surface area contributed by atoms with Crippen LogP contribution < -0.4 is 0 Å². The summed E-state index contributed by atoms with van der Waals surface area (Å²) in [6.45, 7) is -2.46. The van der Waals surface area contributed by atoms with Crippen molar-refractivity contribution in [2.24, 2.45) is 0 Å². The largest absolute Gasteiger partial charge is 0.425 e. The molecule has 2 aromatic rings. The van der Waals surface area contributed by atoms with Crippen LogP contribution in [0, 0.1) is 0 Å². The van der Waals surface area contributed by atoms with Gasteiger partial charge in [0.1, 0.15) is 12.1 Å². The monoisotopic (exact) mass is 445 g/mol. The topological polar surface area (TPSA) is 39.9 Å². The van der Waals surface area contributed by atoms with Crippen LogP contribution in [0.5, 0.6) is 0 Å². The maximum Gasteiger partial charge on any atom is 0.425 e. The third kappa shape index (κ3) is 3.96. The average Bonchev–Trinajstić information content (AvgIpc) is 3.01. The average molecular weight is 445 g/mol. The molecule has 1 aromatic carbocycles. The van der Waals surface area contributed by atoms with Gasteiger partial charge in [-0.15, -0.1) is 5.10 Å². The van der Waals surface area contributed by atoms with Gasteiger partial charge in [-0.3, -0.25) is 0 Å². The molecule has 0 aliphatic heterocycles. The number of benzene rings is 1. The Kier molecular flexibility index (Phi) is 5.53. The van der Waals surface area contributed by atoms with Gasteiger partial charge in [-0.2, -0.15) is 35.4 Å². The molecule has 0 saturated carbocycles. The van der Waals surface area contributed by atoms with E-state index in [4.69, 9.17) is 0 Å². The van der Waals surface area contributed by atoms with E-state index in [9.17, 15) is 43.9 Å². The van der Waals surface area contributed by atoms with E-state index in [-0.39, 0.29) is 6.92 Å². The lowest BCUT2D eigenvalue weighted by Crippen LogP contribution is -2.65. The summed E-state index contributed by atoms with van der Waals surface area (Å²) >= 11 is 0. The van der Waals surface area contributed by atoms with Gasteiger partial charge in [0.15, 0.2) is 0 Å². The molecule has 0 bridgehead atoms. The summed E-state index contributed by atoms with van der Waals surface area (Å²) in [4.78, 5) is 0. The number of ether oxygens (including phenoxy) is 1. The normalized spacial score (nSPS) is 17.4. The summed E-state index contributed by atoms with van der Waals surface area (Å²) in [5.41, 5.74) is -1.54. The van der Waals surface area contributed by atoms with Crippen LogP contribution in [-0.2, 0) is 10.5 Å². The zero-order valence-corrected chi connectivity index (χ0v) is 14.0. The number of para-hydroxylation sites is 1. The second-order valence-electron chi connectivity index (χ2n) is 6.02. The zero-order valence-electron chi connectivity index (χ0n) is 14.0. The smallest absolute Gasteiger partial charge is 0.309 e. The van der Waals surface area contributed by atoms with Crippen molar-refractivity contribution in [3.63, 3.8) is 0 Å². The minimum atomic E-state index is -6.67. The van der Waals surface area contributed by atoms with Crippen molar-refractivity contribution in [2.75, 3.05) is 6.61 Å². The third-order valence-electron chi connectivity index (χ3n) is 3.60. The SMILES string of the molecule is CC(F)(F)COC(F)(F)C(F)(F)C(F)(C(F)C(F)(F)F)n1nnc2ccccc21. The molecular weight excluding hydrogens is 435 g/mol. The third-order valence-corrected chi connectivity index (χ3v) is 3.60. The fourth-order valence-electron chi connectivity index (χ4n) is 2.24. The number of alkyl halides is 11. The van der Waals surface area contributed by atoms with E-state index in [0.717, 1.165) is 18.2 Å². The van der Waals surface area contributed by atoms with Crippen LogP contribution in [0.2, 0.25) is 0 Å². The molecule has 0 aliphatic carbocycles. The Morgan fingerprint density at radius 2 is 1.52 bits per heavy atom. The Bertz CT molecular complexity index is 860. The first kappa shape index (κ1) is 23.1. The van der Waals surface area contributed by atoms with Gasteiger partial charge in [-0.1, -0.05) is 17.3 Å². The second kappa shape index (κ2) is 6.95. The van der Waals surface area contributed by atoms with E-state index in [2.05, 4.69) is 15.0 Å². The van der Waals surface area contributed by atoms with Gasteiger partial charge in [0.2, 0.25) is 0 Å². The number of hydrogen-bond donors (Lipinski definition) is 0. The molecule has 1 aromatic heterocycles. The predicted molar refractivity (Wildman–Crippen MR) is 74.0 cm³/mol. The lowest BCUT2D eigenvalue weighted by Gasteiger charge is -2.39. The van der Waals surface area contributed by atoms with Crippen molar-refractivity contribution in [1.82, 2.24) is 15.0 Å². The van der Waals surface area contributed by atoms with Crippen LogP contribution in [0.15, 0.2) is 24.3 Å². The van der Waals surface area contributed by atoms with Crippen LogP contribution in [0.3, 0.4) is 0 Å². The Hall–Kier alpha value is -2.19. The molecule has 0 fully saturated rings. The lowest BCUT2D eigenvalue weighted by molar-refractivity contribution is -0.419. The van der Waals surface area contributed by atoms with Gasteiger partial charge in [-0.05, 0) is 12.1 Å². The number of hydrogen-bond acceptors (Lipinski definition) is 3. The Morgan fingerprint density at radius 1 is 0.966 bits per heavy atom. The molecule has 4 nitrogen and oxygen atoms in total. The number of rotatable bonds is 7. The first-order valence-electron chi connectivity index (χ1n) is 7.43. The number of fused-ring (bicyclic) bond motifs is 1. The number of halogens is 11. The number of nitrogens with zero attached hydrogens (tertiary/aromatic N) is 3. The first-order chi connectivity index (χ1) is 13.0. The molecule has 2 atom stereocenters. The Balaban J connectivity index is 2.70. The van der Waals surface area contributed by atoms with Crippen LogP contribution >= 0.6 is 0 Å². The minimum absolute atomic E-state index is 0.0392. The molecule has 0 N–H and O–H groups in total. The molecule has 15 heteroatoms. The molecule has 1 heterocycles. The molecule has 0 amide bonds. The van der Waals surface area contributed by atoms with E-state index in [1.54, 1.807) is 0 Å². The number of aromatic nitrogens is 3. The van der Waals surface area contributed by atoms with E-state index in [1.165, 1.54) is 0 Å².